The van der Waals surface area contributed by atoms with Crippen molar-refractivity contribution in [2.24, 2.45) is 0 Å². The summed E-state index contributed by atoms with van der Waals surface area (Å²) >= 11 is 0. The van der Waals surface area contributed by atoms with E-state index in [4.69, 9.17) is 9.84 Å². The van der Waals surface area contributed by atoms with Gasteiger partial charge in [-0.2, -0.15) is 0 Å². The zero-order chi connectivity index (χ0) is 14.0. The minimum atomic E-state index is -3.21. The van der Waals surface area contributed by atoms with E-state index in [-0.39, 0.29) is 31.9 Å². The zero-order valence-electron chi connectivity index (χ0n) is 11.0. The number of aliphatic hydroxyl groups is 1. The fourth-order valence-electron chi connectivity index (χ4n) is 1.76. The summed E-state index contributed by atoms with van der Waals surface area (Å²) in [5.41, 5.74) is -0.597. The van der Waals surface area contributed by atoms with Crippen LogP contribution in [0.1, 0.15) is 27.2 Å². The van der Waals surface area contributed by atoms with Crippen LogP contribution >= 0.6 is 0 Å². The smallest absolute Gasteiger partial charge is 0.410 e. The Hall–Kier alpha value is -0.820. The van der Waals surface area contributed by atoms with Crippen LogP contribution in [0.25, 0.3) is 0 Å². The van der Waals surface area contributed by atoms with Crippen molar-refractivity contribution in [3.63, 3.8) is 0 Å². The van der Waals surface area contributed by atoms with Gasteiger partial charge in [-0.3, -0.25) is 0 Å². The average molecular weight is 279 g/mol. The van der Waals surface area contributed by atoms with Crippen molar-refractivity contribution in [3.8, 4) is 0 Å². The first-order valence-corrected chi connectivity index (χ1v) is 7.67. The second-order valence-electron chi connectivity index (χ2n) is 5.43. The van der Waals surface area contributed by atoms with Crippen molar-refractivity contribution in [1.82, 2.24) is 4.90 Å². The fourth-order valence-corrected chi connectivity index (χ4v) is 3.44. The number of sulfone groups is 1. The van der Waals surface area contributed by atoms with Crippen LogP contribution in [0.5, 0.6) is 0 Å². The maximum absolute atomic E-state index is 11.8. The summed E-state index contributed by atoms with van der Waals surface area (Å²) in [4.78, 5) is 13.2. The number of hydrogen-bond acceptors (Lipinski definition) is 5. The summed E-state index contributed by atoms with van der Waals surface area (Å²) in [5.74, 6) is -0.0725. The Morgan fingerprint density at radius 1 is 1.44 bits per heavy atom. The molecule has 0 saturated carbocycles. The van der Waals surface area contributed by atoms with E-state index in [0.717, 1.165) is 0 Å². The van der Waals surface area contributed by atoms with Crippen LogP contribution in [0.3, 0.4) is 0 Å². The standard InChI is InChI=1S/C11H21NO5S/c1-11(2,3)17-10(14)12-5-7-18(15,16)9(8-12)4-6-13/h9,13H,4-8H2,1-3H3. The van der Waals surface area contributed by atoms with Gasteiger partial charge in [-0.05, 0) is 27.2 Å². The molecule has 1 atom stereocenters. The maximum Gasteiger partial charge on any atom is 0.410 e. The number of hydrogen-bond donors (Lipinski definition) is 1. The predicted molar refractivity (Wildman–Crippen MR) is 67.1 cm³/mol. The third-order valence-electron chi connectivity index (χ3n) is 2.68. The Kier molecular flexibility index (Phi) is 4.61. The van der Waals surface area contributed by atoms with E-state index in [0.29, 0.717) is 0 Å². The normalized spacial score (nSPS) is 23.8. The lowest BCUT2D eigenvalue weighted by Crippen LogP contribution is -2.50. The zero-order valence-corrected chi connectivity index (χ0v) is 11.9. The largest absolute Gasteiger partial charge is 0.444 e. The molecule has 0 aromatic carbocycles. The van der Waals surface area contributed by atoms with Gasteiger partial charge in [-0.25, -0.2) is 13.2 Å². The lowest BCUT2D eigenvalue weighted by molar-refractivity contribution is 0.0250. The topological polar surface area (TPSA) is 83.9 Å². The highest BCUT2D eigenvalue weighted by atomic mass is 32.2. The molecule has 1 aliphatic heterocycles. The number of aliphatic hydroxyl groups excluding tert-OH is 1. The van der Waals surface area contributed by atoms with E-state index < -0.39 is 26.8 Å². The van der Waals surface area contributed by atoms with Gasteiger partial charge in [0.05, 0.1) is 11.0 Å². The van der Waals surface area contributed by atoms with Gasteiger partial charge in [0.15, 0.2) is 9.84 Å². The number of carbonyl (C=O) groups is 1. The van der Waals surface area contributed by atoms with Crippen molar-refractivity contribution in [1.29, 1.82) is 0 Å². The molecule has 1 rings (SSSR count). The summed E-state index contributed by atoms with van der Waals surface area (Å²) in [7, 11) is -3.21. The highest BCUT2D eigenvalue weighted by Crippen LogP contribution is 2.18. The number of nitrogens with zero attached hydrogens (tertiary/aromatic N) is 1. The van der Waals surface area contributed by atoms with Gasteiger partial charge in [0.25, 0.3) is 0 Å². The van der Waals surface area contributed by atoms with Gasteiger partial charge in [0.2, 0.25) is 0 Å². The monoisotopic (exact) mass is 279 g/mol. The van der Waals surface area contributed by atoms with Gasteiger partial charge in [0.1, 0.15) is 5.60 Å². The second kappa shape index (κ2) is 5.44. The molecule has 0 bridgehead atoms. The molecule has 1 N–H and O–H groups in total. The quantitative estimate of drug-likeness (QED) is 0.791. The predicted octanol–water partition coefficient (Wildman–Crippen LogP) is 0.403. The molecule has 0 aromatic rings. The fraction of sp³-hybridized carbons (Fsp3) is 0.909. The molecule has 0 radical (unpaired) electrons. The average Bonchev–Trinajstić information content (AvgIpc) is 2.18. The van der Waals surface area contributed by atoms with Crippen LogP contribution in [0.4, 0.5) is 4.79 Å². The van der Waals surface area contributed by atoms with Gasteiger partial charge in [-0.1, -0.05) is 0 Å². The molecule has 0 spiro atoms. The van der Waals surface area contributed by atoms with E-state index >= 15 is 0 Å². The van der Waals surface area contributed by atoms with E-state index in [1.54, 1.807) is 20.8 Å². The van der Waals surface area contributed by atoms with Gasteiger partial charge >= 0.3 is 6.09 Å². The second-order valence-corrected chi connectivity index (χ2v) is 7.83. The Bertz CT molecular complexity index is 398. The molecule has 18 heavy (non-hydrogen) atoms. The minimum absolute atomic E-state index is 0.0725. The van der Waals surface area contributed by atoms with Crippen molar-refractivity contribution >= 4 is 15.9 Å². The summed E-state index contributed by atoms with van der Waals surface area (Å²) in [6.45, 7) is 5.33. The van der Waals surface area contributed by atoms with Crippen molar-refractivity contribution in [2.75, 3.05) is 25.4 Å². The molecule has 1 unspecified atom stereocenters. The first kappa shape index (κ1) is 15.2. The van der Waals surface area contributed by atoms with Gasteiger partial charge in [0, 0.05) is 19.7 Å². The first-order chi connectivity index (χ1) is 8.15. The summed E-state index contributed by atoms with van der Waals surface area (Å²) in [5, 5.41) is 8.17. The van der Waals surface area contributed by atoms with Crippen molar-refractivity contribution < 1.29 is 23.1 Å². The van der Waals surface area contributed by atoms with Crippen LogP contribution in [-0.2, 0) is 14.6 Å². The molecule has 7 heteroatoms. The highest BCUT2D eigenvalue weighted by Gasteiger charge is 2.35. The number of carbonyl (C=O) groups excluding carboxylic acids is 1. The summed E-state index contributed by atoms with van der Waals surface area (Å²) in [6, 6.07) is 0. The van der Waals surface area contributed by atoms with E-state index in [2.05, 4.69) is 0 Å². The van der Waals surface area contributed by atoms with Gasteiger partial charge < -0.3 is 14.7 Å². The van der Waals surface area contributed by atoms with Crippen LogP contribution in [0.2, 0.25) is 0 Å². The van der Waals surface area contributed by atoms with Gasteiger partial charge in [-0.15, -0.1) is 0 Å². The highest BCUT2D eigenvalue weighted by molar-refractivity contribution is 7.92. The number of ether oxygens (including phenoxy) is 1. The van der Waals surface area contributed by atoms with Crippen LogP contribution in [-0.4, -0.2) is 60.8 Å². The lowest BCUT2D eigenvalue weighted by Gasteiger charge is -2.33. The molecule has 1 heterocycles. The van der Waals surface area contributed by atoms with E-state index in [1.807, 2.05) is 0 Å². The summed E-state index contributed by atoms with van der Waals surface area (Å²) < 4.78 is 28.7. The minimum Gasteiger partial charge on any atom is -0.444 e. The van der Waals surface area contributed by atoms with E-state index in [1.165, 1.54) is 4.90 Å². The lowest BCUT2D eigenvalue weighted by atomic mass is 10.2. The molecular weight excluding hydrogens is 258 g/mol. The molecule has 1 amide bonds. The van der Waals surface area contributed by atoms with E-state index in [9.17, 15) is 13.2 Å². The SMILES string of the molecule is CC(C)(C)OC(=O)N1CCS(=O)(=O)C(CCO)C1. The van der Waals surface area contributed by atoms with Crippen molar-refractivity contribution in [2.45, 2.75) is 38.0 Å². The molecule has 106 valence electrons. The van der Waals surface area contributed by atoms with Crippen LogP contribution in [0.15, 0.2) is 0 Å². The third kappa shape index (κ3) is 4.13. The maximum atomic E-state index is 11.8. The molecule has 1 aliphatic rings. The van der Waals surface area contributed by atoms with Crippen molar-refractivity contribution in [3.05, 3.63) is 0 Å². The molecule has 0 aliphatic carbocycles. The Labute approximate surface area is 108 Å². The molecule has 6 nitrogen and oxygen atoms in total. The Morgan fingerprint density at radius 2 is 2.06 bits per heavy atom. The Balaban J connectivity index is 2.69. The first-order valence-electron chi connectivity index (χ1n) is 5.96. The number of amides is 1. The molecular formula is C11H21NO5S. The molecule has 1 saturated heterocycles. The molecule has 1 fully saturated rings. The summed E-state index contributed by atoms with van der Waals surface area (Å²) in [6.07, 6.45) is -0.345. The number of rotatable bonds is 2. The third-order valence-corrected chi connectivity index (χ3v) is 4.83. The van der Waals surface area contributed by atoms with Crippen LogP contribution in [0, 0.1) is 0 Å². The van der Waals surface area contributed by atoms with Crippen LogP contribution < -0.4 is 0 Å². The molecule has 0 aromatic heterocycles. The Morgan fingerprint density at radius 3 is 2.56 bits per heavy atom.